The Morgan fingerprint density at radius 1 is 0.963 bits per heavy atom. The molecule has 140 valence electrons. The van der Waals surface area contributed by atoms with E-state index in [4.69, 9.17) is 0 Å². The van der Waals surface area contributed by atoms with Gasteiger partial charge in [0, 0.05) is 49.5 Å². The fourth-order valence-corrected chi connectivity index (χ4v) is 3.76. The summed E-state index contributed by atoms with van der Waals surface area (Å²) in [6.07, 6.45) is 9.52. The van der Waals surface area contributed by atoms with Crippen molar-refractivity contribution >= 4 is 5.69 Å². The second-order valence-corrected chi connectivity index (χ2v) is 7.33. The van der Waals surface area contributed by atoms with Gasteiger partial charge < -0.3 is 4.90 Å². The van der Waals surface area contributed by atoms with Crippen molar-refractivity contribution in [2.45, 2.75) is 32.5 Å². The molecule has 5 nitrogen and oxygen atoms in total. The molecule has 1 aliphatic rings. The van der Waals surface area contributed by atoms with Crippen molar-refractivity contribution in [3.63, 3.8) is 0 Å². The summed E-state index contributed by atoms with van der Waals surface area (Å²) in [6, 6.07) is 15.1. The molecule has 27 heavy (non-hydrogen) atoms. The quantitative estimate of drug-likeness (QED) is 0.664. The Kier molecular flexibility index (Phi) is 5.49. The van der Waals surface area contributed by atoms with Crippen molar-refractivity contribution in [2.24, 2.45) is 0 Å². The average Bonchev–Trinajstić information content (AvgIpc) is 3.18. The van der Waals surface area contributed by atoms with Crippen molar-refractivity contribution in [1.82, 2.24) is 19.7 Å². The number of anilines is 1. The molecule has 0 saturated carbocycles. The zero-order valence-corrected chi connectivity index (χ0v) is 16.0. The highest BCUT2D eigenvalue weighted by molar-refractivity contribution is 5.57. The van der Waals surface area contributed by atoms with Gasteiger partial charge in [-0.15, -0.1) is 0 Å². The SMILES string of the molecule is CN(Cc1ccc(N2CCCCC2)cc1)Cn1nccc1-c1cccnc1. The summed E-state index contributed by atoms with van der Waals surface area (Å²) in [5.41, 5.74) is 4.87. The molecule has 5 heteroatoms. The van der Waals surface area contributed by atoms with Gasteiger partial charge >= 0.3 is 0 Å². The van der Waals surface area contributed by atoms with E-state index in [1.165, 1.54) is 43.6 Å². The number of hydrogen-bond donors (Lipinski definition) is 0. The van der Waals surface area contributed by atoms with Gasteiger partial charge in [-0.3, -0.25) is 14.6 Å². The third-order valence-electron chi connectivity index (χ3n) is 5.16. The number of rotatable bonds is 6. The van der Waals surface area contributed by atoms with Crippen LogP contribution >= 0.6 is 0 Å². The highest BCUT2D eigenvalue weighted by Gasteiger charge is 2.11. The first-order chi connectivity index (χ1) is 13.3. The summed E-state index contributed by atoms with van der Waals surface area (Å²) in [7, 11) is 2.13. The molecule has 3 heterocycles. The van der Waals surface area contributed by atoms with E-state index in [0.29, 0.717) is 0 Å². The molecule has 0 radical (unpaired) electrons. The predicted molar refractivity (Wildman–Crippen MR) is 109 cm³/mol. The van der Waals surface area contributed by atoms with E-state index in [1.807, 2.05) is 29.2 Å². The molecule has 0 spiro atoms. The molecule has 1 aromatic carbocycles. The number of benzene rings is 1. The lowest BCUT2D eigenvalue weighted by molar-refractivity contribution is 0.248. The molecule has 0 unspecified atom stereocenters. The van der Waals surface area contributed by atoms with Crippen LogP contribution in [0.25, 0.3) is 11.3 Å². The molecule has 1 fully saturated rings. The standard InChI is InChI=1S/C22H27N5/c1-25(18-27-22(11-13-24-27)20-6-5-12-23-16-20)17-19-7-9-21(10-8-19)26-14-3-2-4-15-26/h5-13,16H,2-4,14-15,17-18H2,1H3. The zero-order chi connectivity index (χ0) is 18.5. The maximum Gasteiger partial charge on any atom is 0.0936 e. The van der Waals surface area contributed by atoms with Gasteiger partial charge in [0.1, 0.15) is 0 Å². The van der Waals surface area contributed by atoms with Crippen LogP contribution in [-0.2, 0) is 13.2 Å². The number of hydrogen-bond acceptors (Lipinski definition) is 4. The van der Waals surface area contributed by atoms with Crippen LogP contribution < -0.4 is 4.90 Å². The van der Waals surface area contributed by atoms with Crippen molar-refractivity contribution in [3.8, 4) is 11.3 Å². The maximum absolute atomic E-state index is 4.49. The Morgan fingerprint density at radius 3 is 2.52 bits per heavy atom. The lowest BCUT2D eigenvalue weighted by atomic mass is 10.1. The van der Waals surface area contributed by atoms with Gasteiger partial charge in [-0.25, -0.2) is 0 Å². The van der Waals surface area contributed by atoms with Gasteiger partial charge in [0.25, 0.3) is 0 Å². The van der Waals surface area contributed by atoms with Gasteiger partial charge in [-0.2, -0.15) is 5.10 Å². The van der Waals surface area contributed by atoms with Crippen LogP contribution in [0.4, 0.5) is 5.69 Å². The molecule has 3 aromatic rings. The fourth-order valence-electron chi connectivity index (χ4n) is 3.76. The average molecular weight is 361 g/mol. The first-order valence-corrected chi connectivity index (χ1v) is 9.74. The summed E-state index contributed by atoms with van der Waals surface area (Å²) in [4.78, 5) is 9.00. The number of nitrogens with zero attached hydrogens (tertiary/aromatic N) is 5. The van der Waals surface area contributed by atoms with Crippen LogP contribution in [0.15, 0.2) is 61.1 Å². The van der Waals surface area contributed by atoms with E-state index in [0.717, 1.165) is 24.5 Å². The second-order valence-electron chi connectivity index (χ2n) is 7.33. The van der Waals surface area contributed by atoms with Crippen LogP contribution in [0.3, 0.4) is 0 Å². The van der Waals surface area contributed by atoms with Crippen LogP contribution in [0.2, 0.25) is 0 Å². The number of aromatic nitrogens is 3. The number of pyridine rings is 1. The minimum Gasteiger partial charge on any atom is -0.372 e. The molecule has 1 aliphatic heterocycles. The fraction of sp³-hybridized carbons (Fsp3) is 0.364. The molecule has 4 rings (SSSR count). The summed E-state index contributed by atoms with van der Waals surface area (Å²) < 4.78 is 2.03. The molecule has 0 atom stereocenters. The van der Waals surface area contributed by atoms with E-state index in [9.17, 15) is 0 Å². The topological polar surface area (TPSA) is 37.2 Å². The smallest absolute Gasteiger partial charge is 0.0936 e. The summed E-state index contributed by atoms with van der Waals surface area (Å²) in [5.74, 6) is 0. The van der Waals surface area contributed by atoms with E-state index >= 15 is 0 Å². The van der Waals surface area contributed by atoms with Gasteiger partial charge in [0.15, 0.2) is 0 Å². The van der Waals surface area contributed by atoms with Gasteiger partial charge in [-0.05, 0) is 62.2 Å². The summed E-state index contributed by atoms with van der Waals surface area (Å²) in [6.45, 7) is 4.02. The van der Waals surface area contributed by atoms with Crippen LogP contribution in [-0.4, -0.2) is 39.8 Å². The molecule has 0 N–H and O–H groups in total. The molecule has 1 saturated heterocycles. The highest BCUT2D eigenvalue weighted by Crippen LogP contribution is 2.21. The van der Waals surface area contributed by atoms with E-state index in [1.54, 1.807) is 6.20 Å². The molecule has 0 bridgehead atoms. The van der Waals surface area contributed by atoms with Gasteiger partial charge in [-0.1, -0.05) is 12.1 Å². The first-order valence-electron chi connectivity index (χ1n) is 9.74. The Labute approximate surface area is 161 Å². The minimum atomic E-state index is 0.741. The van der Waals surface area contributed by atoms with Crippen LogP contribution in [0, 0.1) is 0 Å². The molecular weight excluding hydrogens is 334 g/mol. The predicted octanol–water partition coefficient (Wildman–Crippen LogP) is 4.02. The number of piperidine rings is 1. The monoisotopic (exact) mass is 361 g/mol. The third kappa shape index (κ3) is 4.37. The Balaban J connectivity index is 1.39. The molecular formula is C22H27N5. The highest BCUT2D eigenvalue weighted by atomic mass is 15.4. The van der Waals surface area contributed by atoms with E-state index in [-0.39, 0.29) is 0 Å². The Hall–Kier alpha value is -2.66. The van der Waals surface area contributed by atoms with Crippen molar-refractivity contribution in [1.29, 1.82) is 0 Å². The normalized spacial score (nSPS) is 14.7. The molecule has 2 aromatic heterocycles. The van der Waals surface area contributed by atoms with E-state index in [2.05, 4.69) is 57.3 Å². The lowest BCUT2D eigenvalue weighted by Crippen LogP contribution is -2.29. The largest absolute Gasteiger partial charge is 0.372 e. The summed E-state index contributed by atoms with van der Waals surface area (Å²) >= 11 is 0. The van der Waals surface area contributed by atoms with Crippen LogP contribution in [0.1, 0.15) is 24.8 Å². The lowest BCUT2D eigenvalue weighted by Gasteiger charge is -2.29. The second kappa shape index (κ2) is 8.35. The van der Waals surface area contributed by atoms with Crippen molar-refractivity contribution in [3.05, 3.63) is 66.6 Å². The molecule has 0 amide bonds. The van der Waals surface area contributed by atoms with Crippen molar-refractivity contribution in [2.75, 3.05) is 25.0 Å². The van der Waals surface area contributed by atoms with Gasteiger partial charge in [0.05, 0.1) is 12.4 Å². The van der Waals surface area contributed by atoms with Crippen molar-refractivity contribution < 1.29 is 0 Å². The van der Waals surface area contributed by atoms with Crippen LogP contribution in [0.5, 0.6) is 0 Å². The van der Waals surface area contributed by atoms with Gasteiger partial charge in [0.2, 0.25) is 0 Å². The maximum atomic E-state index is 4.49. The Bertz CT molecular complexity index is 835. The summed E-state index contributed by atoms with van der Waals surface area (Å²) in [5, 5.41) is 4.49. The molecule has 0 aliphatic carbocycles. The zero-order valence-electron chi connectivity index (χ0n) is 16.0. The Morgan fingerprint density at radius 2 is 1.78 bits per heavy atom. The van der Waals surface area contributed by atoms with E-state index < -0.39 is 0 Å². The minimum absolute atomic E-state index is 0.741. The third-order valence-corrected chi connectivity index (χ3v) is 5.16. The first kappa shape index (κ1) is 17.7.